The molecule has 0 fully saturated rings. The quantitative estimate of drug-likeness (QED) is 0.674. The van der Waals surface area contributed by atoms with Gasteiger partial charge in [0, 0.05) is 29.9 Å². The molecular formula is C11H24NNp-. The largest absolute Gasteiger partial charge is 0.337 e. The van der Waals surface area contributed by atoms with Crippen molar-refractivity contribution in [3.63, 3.8) is 0 Å². The van der Waals surface area contributed by atoms with E-state index < -0.39 is 0 Å². The third kappa shape index (κ3) is 6.12. The summed E-state index contributed by atoms with van der Waals surface area (Å²) in [5.74, 6) is 0.599. The summed E-state index contributed by atoms with van der Waals surface area (Å²) in [6, 6.07) is 0. The molecular weight excluding hydrogens is 383 g/mol. The van der Waals surface area contributed by atoms with Crippen LogP contribution in [0.25, 0.3) is 0 Å². The summed E-state index contributed by atoms with van der Waals surface area (Å²) in [6.07, 6.45) is 4.84. The Labute approximate surface area is 107 Å². The number of rotatable bonds is 6. The Hall–Kier alpha value is 0.973. The molecule has 2 atom stereocenters. The molecule has 1 radical (unpaired) electrons. The van der Waals surface area contributed by atoms with Gasteiger partial charge in [0.2, 0.25) is 0 Å². The SMILES string of the molecule is [CH2-]C(C)(CCC)C(CN)CCC.[Np]. The van der Waals surface area contributed by atoms with Crippen LogP contribution in [0.1, 0.15) is 46.5 Å². The summed E-state index contributed by atoms with van der Waals surface area (Å²) < 4.78 is 0. The van der Waals surface area contributed by atoms with E-state index in [0.29, 0.717) is 5.92 Å². The van der Waals surface area contributed by atoms with Gasteiger partial charge in [-0.25, -0.2) is 0 Å². The van der Waals surface area contributed by atoms with Crippen LogP contribution in [0, 0.1) is 48.2 Å². The zero-order chi connectivity index (χ0) is 9.61. The first-order valence-electron chi connectivity index (χ1n) is 5.13. The Morgan fingerprint density at radius 2 is 1.85 bits per heavy atom. The van der Waals surface area contributed by atoms with Crippen molar-refractivity contribution in [1.29, 1.82) is 0 Å². The molecule has 0 saturated carbocycles. The average Bonchev–Trinajstić information content (AvgIpc) is 1.99. The van der Waals surface area contributed by atoms with Crippen LogP contribution in [0.4, 0.5) is 0 Å². The van der Waals surface area contributed by atoms with Crippen LogP contribution in [-0.4, -0.2) is 6.54 Å². The number of hydrogen-bond donors (Lipinski definition) is 1. The van der Waals surface area contributed by atoms with E-state index in [1.807, 2.05) is 0 Å². The second-order valence-corrected chi connectivity index (χ2v) is 4.13. The summed E-state index contributed by atoms with van der Waals surface area (Å²) in [4.78, 5) is 0. The molecule has 0 aromatic rings. The molecule has 0 saturated heterocycles. The maximum absolute atomic E-state index is 5.74. The molecule has 0 bridgehead atoms. The van der Waals surface area contributed by atoms with E-state index in [1.165, 1.54) is 25.7 Å². The third-order valence-corrected chi connectivity index (χ3v) is 2.73. The van der Waals surface area contributed by atoms with Crippen molar-refractivity contribution in [1.82, 2.24) is 0 Å². The second kappa shape index (κ2) is 8.30. The van der Waals surface area contributed by atoms with Gasteiger partial charge in [-0.2, -0.15) is 5.41 Å². The van der Waals surface area contributed by atoms with E-state index in [9.17, 15) is 0 Å². The summed E-state index contributed by atoms with van der Waals surface area (Å²) >= 11 is 0. The minimum absolute atomic E-state index is 0. The van der Waals surface area contributed by atoms with Gasteiger partial charge < -0.3 is 12.7 Å². The van der Waals surface area contributed by atoms with Gasteiger partial charge in [-0.05, 0) is 6.54 Å². The maximum Gasteiger partial charge on any atom is 0 e. The van der Waals surface area contributed by atoms with E-state index in [0.717, 1.165) is 6.54 Å². The van der Waals surface area contributed by atoms with Crippen molar-refractivity contribution in [3.05, 3.63) is 6.92 Å². The molecule has 79 valence electrons. The molecule has 0 rings (SSSR count). The van der Waals surface area contributed by atoms with Crippen LogP contribution in [0.2, 0.25) is 0 Å². The molecule has 0 spiro atoms. The second-order valence-electron chi connectivity index (χ2n) is 4.13. The van der Waals surface area contributed by atoms with Gasteiger partial charge in [-0.3, -0.25) is 0 Å². The minimum atomic E-state index is 0. The van der Waals surface area contributed by atoms with Crippen LogP contribution in [0.15, 0.2) is 0 Å². The standard InChI is InChI=1S/C11H24N.Np/c1-5-7-10(9-12)11(3,4)8-6-2;/h10H,3,5-9,12H2,1-2,4H3;/q-1;. The summed E-state index contributed by atoms with van der Waals surface area (Å²) in [5, 5.41) is 0. The fraction of sp³-hybridized carbons (Fsp3) is 0.909. The Bertz CT molecular complexity index is 113. The van der Waals surface area contributed by atoms with Gasteiger partial charge in [-0.1, -0.05) is 52.4 Å². The number of hydrogen-bond acceptors (Lipinski definition) is 1. The Morgan fingerprint density at radius 3 is 2.15 bits per heavy atom. The van der Waals surface area contributed by atoms with Crippen molar-refractivity contribution in [2.75, 3.05) is 6.54 Å². The Morgan fingerprint density at radius 1 is 1.31 bits per heavy atom. The van der Waals surface area contributed by atoms with E-state index in [2.05, 4.69) is 27.7 Å². The normalized spacial score (nSPS) is 17.3. The molecule has 1 nitrogen and oxygen atoms in total. The topological polar surface area (TPSA) is 26.0 Å². The van der Waals surface area contributed by atoms with Crippen LogP contribution >= 0.6 is 0 Å². The molecule has 0 aromatic carbocycles. The molecule has 0 heterocycles. The maximum atomic E-state index is 5.74. The predicted molar refractivity (Wildman–Crippen MR) is 55.8 cm³/mol. The van der Waals surface area contributed by atoms with Crippen molar-refractivity contribution in [3.8, 4) is 0 Å². The fourth-order valence-corrected chi connectivity index (χ4v) is 1.87. The van der Waals surface area contributed by atoms with Crippen molar-refractivity contribution >= 4 is 0 Å². The van der Waals surface area contributed by atoms with Crippen LogP contribution in [-0.2, 0) is 0 Å². The van der Waals surface area contributed by atoms with Crippen molar-refractivity contribution < 1.29 is 29.9 Å². The molecule has 0 aromatic heterocycles. The molecule has 13 heavy (non-hydrogen) atoms. The average molecular weight is 407 g/mol. The molecule has 0 aliphatic rings. The Kier molecular flexibility index (Phi) is 10.5. The minimum Gasteiger partial charge on any atom is -0.337 e. The van der Waals surface area contributed by atoms with Crippen LogP contribution in [0.5, 0.6) is 0 Å². The number of nitrogens with two attached hydrogens (primary N) is 1. The van der Waals surface area contributed by atoms with E-state index in [1.54, 1.807) is 0 Å². The zero-order valence-corrected chi connectivity index (χ0v) is 13.1. The van der Waals surface area contributed by atoms with Crippen molar-refractivity contribution in [2.45, 2.75) is 46.5 Å². The van der Waals surface area contributed by atoms with Gasteiger partial charge in [0.25, 0.3) is 0 Å². The predicted octanol–water partition coefficient (Wildman–Crippen LogP) is 3.00. The third-order valence-electron chi connectivity index (χ3n) is 2.73. The zero-order valence-electron chi connectivity index (χ0n) is 9.34. The first-order valence-corrected chi connectivity index (χ1v) is 5.13. The summed E-state index contributed by atoms with van der Waals surface area (Å²) in [7, 11) is 0. The van der Waals surface area contributed by atoms with Gasteiger partial charge in [0.1, 0.15) is 0 Å². The summed E-state index contributed by atoms with van der Waals surface area (Å²) in [6.45, 7) is 11.7. The summed E-state index contributed by atoms with van der Waals surface area (Å²) in [5.41, 5.74) is 5.93. The molecule has 0 aliphatic heterocycles. The van der Waals surface area contributed by atoms with Gasteiger partial charge in [-0.15, -0.1) is 0 Å². The van der Waals surface area contributed by atoms with Gasteiger partial charge in [0.05, 0.1) is 0 Å². The van der Waals surface area contributed by atoms with Gasteiger partial charge >= 0.3 is 0 Å². The van der Waals surface area contributed by atoms with Crippen molar-refractivity contribution in [2.24, 2.45) is 17.1 Å². The smallest absolute Gasteiger partial charge is 0 e. The fourth-order valence-electron chi connectivity index (χ4n) is 1.87. The van der Waals surface area contributed by atoms with E-state index in [-0.39, 0.29) is 35.4 Å². The molecule has 0 amide bonds. The molecule has 2 heteroatoms. The first kappa shape index (κ1) is 16.4. The monoisotopic (exact) mass is 406 g/mol. The molecule has 2 N–H and O–H groups in total. The van der Waals surface area contributed by atoms with E-state index >= 15 is 0 Å². The van der Waals surface area contributed by atoms with Crippen LogP contribution < -0.4 is 5.73 Å². The van der Waals surface area contributed by atoms with Crippen LogP contribution in [0.3, 0.4) is 0 Å². The van der Waals surface area contributed by atoms with E-state index in [4.69, 9.17) is 5.73 Å². The first-order chi connectivity index (χ1) is 5.58. The molecule has 2 unspecified atom stereocenters. The van der Waals surface area contributed by atoms with Gasteiger partial charge in [0.15, 0.2) is 0 Å². The molecule has 0 aliphatic carbocycles. The Balaban J connectivity index is 0.